The van der Waals surface area contributed by atoms with Crippen LogP contribution in [0, 0.1) is 0 Å². The highest BCUT2D eigenvalue weighted by Gasteiger charge is 2.30. The fraction of sp³-hybridized carbons (Fsp3) is 0.400. The number of nitrogen functional groups attached to an aromatic ring is 1. The third-order valence-electron chi connectivity index (χ3n) is 2.70. The second-order valence-corrected chi connectivity index (χ2v) is 5.80. The molecule has 84 valence electrons. The molecule has 2 heterocycles. The van der Waals surface area contributed by atoms with Crippen LogP contribution in [0.5, 0.6) is 0 Å². The Morgan fingerprint density at radius 3 is 2.94 bits per heavy atom. The van der Waals surface area contributed by atoms with Crippen LogP contribution >= 0.6 is 22.9 Å². The Bertz CT molecular complexity index is 515. The van der Waals surface area contributed by atoms with E-state index in [-0.39, 0.29) is 0 Å². The van der Waals surface area contributed by atoms with Crippen molar-refractivity contribution < 1.29 is 0 Å². The van der Waals surface area contributed by atoms with E-state index in [4.69, 9.17) is 17.3 Å². The largest absolute Gasteiger partial charge is 0.381 e. The summed E-state index contributed by atoms with van der Waals surface area (Å²) in [6, 6.07) is 3.92. The molecule has 4 nitrogen and oxygen atoms in total. The van der Waals surface area contributed by atoms with Crippen molar-refractivity contribution in [3.63, 3.8) is 0 Å². The average Bonchev–Trinajstić information content (AvgIpc) is 2.91. The number of hydrogen-bond acceptors (Lipinski definition) is 4. The molecule has 1 aliphatic rings. The molecule has 0 bridgehead atoms. The van der Waals surface area contributed by atoms with Crippen LogP contribution in [0.1, 0.15) is 29.3 Å². The number of thiophene rings is 1. The summed E-state index contributed by atoms with van der Waals surface area (Å²) in [4.78, 5) is 1.18. The molecule has 3 rings (SSSR count). The second-order valence-electron chi connectivity index (χ2n) is 4.00. The molecule has 0 amide bonds. The van der Waals surface area contributed by atoms with Crippen molar-refractivity contribution in [3.05, 3.63) is 27.0 Å². The van der Waals surface area contributed by atoms with E-state index in [9.17, 15) is 0 Å². The van der Waals surface area contributed by atoms with Gasteiger partial charge in [-0.05, 0) is 25.0 Å². The number of hydrogen-bond donors (Lipinski definition) is 1. The molecule has 1 fully saturated rings. The molecule has 0 aliphatic heterocycles. The molecular formula is C10H11ClN4S. The molecule has 2 aromatic rings. The van der Waals surface area contributed by atoms with E-state index >= 15 is 0 Å². The van der Waals surface area contributed by atoms with Crippen LogP contribution in [0.3, 0.4) is 0 Å². The summed E-state index contributed by atoms with van der Waals surface area (Å²) in [7, 11) is 0. The molecule has 0 radical (unpaired) electrons. The van der Waals surface area contributed by atoms with Gasteiger partial charge in [0.2, 0.25) is 0 Å². The van der Waals surface area contributed by atoms with E-state index in [0.717, 1.165) is 10.0 Å². The van der Waals surface area contributed by atoms with Crippen molar-refractivity contribution >= 4 is 28.8 Å². The van der Waals surface area contributed by atoms with Crippen molar-refractivity contribution in [1.82, 2.24) is 15.0 Å². The van der Waals surface area contributed by atoms with Gasteiger partial charge < -0.3 is 5.73 Å². The minimum Gasteiger partial charge on any atom is -0.381 e. The minimum atomic E-state index is 0.561. The Morgan fingerprint density at radius 1 is 1.50 bits per heavy atom. The van der Waals surface area contributed by atoms with Gasteiger partial charge in [0.05, 0.1) is 16.6 Å². The molecule has 0 spiro atoms. The molecule has 6 heteroatoms. The SMILES string of the molecule is Nc1nnn(Cc2ccc(Cl)s2)c1C1CC1. The normalized spacial score (nSPS) is 15.6. The minimum absolute atomic E-state index is 0.561. The lowest BCUT2D eigenvalue weighted by molar-refractivity contribution is 0.625. The predicted octanol–water partition coefficient (Wildman–Crippen LogP) is 2.50. The van der Waals surface area contributed by atoms with E-state index in [1.807, 2.05) is 16.8 Å². The van der Waals surface area contributed by atoms with Gasteiger partial charge in [0.15, 0.2) is 5.82 Å². The lowest BCUT2D eigenvalue weighted by Gasteiger charge is -2.03. The number of halogens is 1. The van der Waals surface area contributed by atoms with Crippen LogP contribution in [0.15, 0.2) is 12.1 Å². The van der Waals surface area contributed by atoms with Gasteiger partial charge in [0, 0.05) is 10.8 Å². The zero-order valence-corrected chi connectivity index (χ0v) is 10.1. The van der Waals surface area contributed by atoms with Crippen molar-refractivity contribution in [3.8, 4) is 0 Å². The third-order valence-corrected chi connectivity index (χ3v) is 3.92. The summed E-state index contributed by atoms with van der Waals surface area (Å²) in [5.74, 6) is 1.13. The number of nitrogens with two attached hydrogens (primary N) is 1. The third kappa shape index (κ3) is 1.81. The van der Waals surface area contributed by atoms with Crippen LogP contribution in [0.2, 0.25) is 4.34 Å². The Labute approximate surface area is 102 Å². The zero-order chi connectivity index (χ0) is 11.1. The highest BCUT2D eigenvalue weighted by atomic mass is 35.5. The molecule has 2 N–H and O–H groups in total. The van der Waals surface area contributed by atoms with Gasteiger partial charge in [0.25, 0.3) is 0 Å². The fourth-order valence-corrected chi connectivity index (χ4v) is 2.88. The first-order chi connectivity index (χ1) is 7.74. The second kappa shape index (κ2) is 3.75. The zero-order valence-electron chi connectivity index (χ0n) is 8.56. The maximum atomic E-state index is 5.90. The molecule has 16 heavy (non-hydrogen) atoms. The van der Waals surface area contributed by atoms with Gasteiger partial charge >= 0.3 is 0 Å². The Kier molecular flexibility index (Phi) is 2.37. The maximum absolute atomic E-state index is 5.90. The molecule has 0 unspecified atom stereocenters. The van der Waals surface area contributed by atoms with Gasteiger partial charge in [0.1, 0.15) is 0 Å². The monoisotopic (exact) mass is 254 g/mol. The number of anilines is 1. The average molecular weight is 255 g/mol. The van der Waals surface area contributed by atoms with E-state index < -0.39 is 0 Å². The van der Waals surface area contributed by atoms with Crippen LogP contribution < -0.4 is 5.73 Å². The van der Waals surface area contributed by atoms with E-state index in [2.05, 4.69) is 10.3 Å². The summed E-state index contributed by atoms with van der Waals surface area (Å²) < 4.78 is 2.70. The van der Waals surface area contributed by atoms with Crippen molar-refractivity contribution in [2.45, 2.75) is 25.3 Å². The van der Waals surface area contributed by atoms with Crippen LogP contribution in [-0.4, -0.2) is 15.0 Å². The summed E-state index contributed by atoms with van der Waals surface area (Å²) in [5, 5.41) is 8.03. The summed E-state index contributed by atoms with van der Waals surface area (Å²) in [6.45, 7) is 0.716. The van der Waals surface area contributed by atoms with E-state index in [1.165, 1.54) is 17.7 Å². The van der Waals surface area contributed by atoms with Gasteiger partial charge in [-0.15, -0.1) is 16.4 Å². The van der Waals surface area contributed by atoms with E-state index in [0.29, 0.717) is 18.3 Å². The first-order valence-electron chi connectivity index (χ1n) is 5.17. The van der Waals surface area contributed by atoms with Crippen molar-refractivity contribution in [2.75, 3.05) is 5.73 Å². The summed E-state index contributed by atoms with van der Waals surface area (Å²) >= 11 is 7.46. The lowest BCUT2D eigenvalue weighted by Crippen LogP contribution is -2.05. The first-order valence-corrected chi connectivity index (χ1v) is 6.36. The molecule has 0 saturated heterocycles. The quantitative estimate of drug-likeness (QED) is 0.916. The Hall–Kier alpha value is -1.07. The Balaban J connectivity index is 1.89. The molecule has 0 atom stereocenters. The maximum Gasteiger partial charge on any atom is 0.169 e. The Morgan fingerprint density at radius 2 is 2.31 bits per heavy atom. The number of nitrogens with zero attached hydrogens (tertiary/aromatic N) is 3. The summed E-state index contributed by atoms with van der Waals surface area (Å²) in [6.07, 6.45) is 2.39. The van der Waals surface area contributed by atoms with Gasteiger partial charge in [-0.3, -0.25) is 0 Å². The van der Waals surface area contributed by atoms with Crippen LogP contribution in [0.25, 0.3) is 0 Å². The van der Waals surface area contributed by atoms with Crippen molar-refractivity contribution in [2.24, 2.45) is 0 Å². The van der Waals surface area contributed by atoms with Crippen LogP contribution in [0.4, 0.5) is 5.82 Å². The lowest BCUT2D eigenvalue weighted by atomic mass is 10.3. The first kappa shape index (κ1) is 10.1. The summed E-state index contributed by atoms with van der Waals surface area (Å²) in [5.41, 5.74) is 6.91. The van der Waals surface area contributed by atoms with E-state index in [1.54, 1.807) is 11.3 Å². The molecule has 0 aromatic carbocycles. The highest BCUT2D eigenvalue weighted by Crippen LogP contribution is 2.42. The fourth-order valence-electron chi connectivity index (χ4n) is 1.81. The predicted molar refractivity (Wildman–Crippen MR) is 64.8 cm³/mol. The standard InChI is InChI=1S/C10H11ClN4S/c11-8-4-3-7(16-8)5-15-9(6-1-2-6)10(12)13-14-15/h3-4,6H,1-2,5,12H2. The topological polar surface area (TPSA) is 56.7 Å². The highest BCUT2D eigenvalue weighted by molar-refractivity contribution is 7.16. The number of aromatic nitrogens is 3. The molecule has 2 aromatic heterocycles. The van der Waals surface area contributed by atoms with Gasteiger partial charge in [-0.25, -0.2) is 4.68 Å². The van der Waals surface area contributed by atoms with Crippen molar-refractivity contribution in [1.29, 1.82) is 0 Å². The molecule has 1 aliphatic carbocycles. The van der Waals surface area contributed by atoms with Crippen LogP contribution in [-0.2, 0) is 6.54 Å². The molecule has 1 saturated carbocycles. The van der Waals surface area contributed by atoms with Gasteiger partial charge in [-0.1, -0.05) is 16.8 Å². The number of rotatable bonds is 3. The molecular weight excluding hydrogens is 244 g/mol. The smallest absolute Gasteiger partial charge is 0.169 e. The van der Waals surface area contributed by atoms with Gasteiger partial charge in [-0.2, -0.15) is 0 Å².